The Morgan fingerprint density at radius 2 is 1.95 bits per heavy atom. The van der Waals surface area contributed by atoms with Gasteiger partial charge in [-0.15, -0.1) is 0 Å². The molecule has 1 aromatic rings. The van der Waals surface area contributed by atoms with Crippen LogP contribution < -0.4 is 10.1 Å². The Hall–Kier alpha value is -0.780. The minimum Gasteiger partial charge on any atom is -0.493 e. The molecule has 0 heterocycles. The van der Waals surface area contributed by atoms with E-state index in [2.05, 4.69) is 27.9 Å². The highest BCUT2D eigenvalue weighted by molar-refractivity contribution is 14.1. The van der Waals surface area contributed by atoms with E-state index in [1.165, 1.54) is 23.7 Å². The minimum absolute atomic E-state index is 0.0436. The predicted molar refractivity (Wildman–Crippen MR) is 87.3 cm³/mol. The SMILES string of the molecule is CCOc1ccccc1C(=O)NCCCCCCI. The molecule has 1 N–H and O–H groups in total. The molecule has 0 radical (unpaired) electrons. The Labute approximate surface area is 129 Å². The van der Waals surface area contributed by atoms with Crippen LogP contribution in [0, 0.1) is 0 Å². The van der Waals surface area contributed by atoms with Gasteiger partial charge in [-0.2, -0.15) is 0 Å². The number of rotatable bonds is 9. The molecule has 0 aliphatic rings. The molecular weight excluding hydrogens is 353 g/mol. The van der Waals surface area contributed by atoms with Gasteiger partial charge in [0.25, 0.3) is 5.91 Å². The van der Waals surface area contributed by atoms with Crippen LogP contribution in [0.4, 0.5) is 0 Å². The molecule has 3 nitrogen and oxygen atoms in total. The number of benzene rings is 1. The van der Waals surface area contributed by atoms with Crippen LogP contribution in [-0.4, -0.2) is 23.5 Å². The fourth-order valence-corrected chi connectivity index (χ4v) is 2.35. The molecule has 0 unspecified atom stereocenters. The van der Waals surface area contributed by atoms with Crippen molar-refractivity contribution in [2.24, 2.45) is 0 Å². The first-order valence-electron chi connectivity index (χ1n) is 6.85. The average molecular weight is 375 g/mol. The molecule has 0 aromatic heterocycles. The molecule has 0 saturated heterocycles. The van der Waals surface area contributed by atoms with Crippen molar-refractivity contribution >= 4 is 28.5 Å². The highest BCUT2D eigenvalue weighted by Gasteiger charge is 2.10. The van der Waals surface area contributed by atoms with Crippen molar-refractivity contribution in [1.82, 2.24) is 5.32 Å². The first-order valence-corrected chi connectivity index (χ1v) is 8.38. The monoisotopic (exact) mass is 375 g/mol. The Balaban J connectivity index is 2.36. The van der Waals surface area contributed by atoms with Gasteiger partial charge in [-0.3, -0.25) is 4.79 Å². The van der Waals surface area contributed by atoms with E-state index < -0.39 is 0 Å². The summed E-state index contributed by atoms with van der Waals surface area (Å²) in [6.45, 7) is 3.23. The van der Waals surface area contributed by atoms with Crippen molar-refractivity contribution in [2.45, 2.75) is 32.6 Å². The maximum absolute atomic E-state index is 12.0. The van der Waals surface area contributed by atoms with Crippen molar-refractivity contribution in [1.29, 1.82) is 0 Å². The Kier molecular flexibility index (Phi) is 8.62. The van der Waals surface area contributed by atoms with E-state index in [0.717, 1.165) is 13.0 Å². The summed E-state index contributed by atoms with van der Waals surface area (Å²) in [6, 6.07) is 7.37. The second-order valence-electron chi connectivity index (χ2n) is 4.29. The maximum atomic E-state index is 12.0. The summed E-state index contributed by atoms with van der Waals surface area (Å²) in [6.07, 6.45) is 4.73. The Bertz CT molecular complexity index is 382. The van der Waals surface area contributed by atoms with Crippen LogP contribution in [0.25, 0.3) is 0 Å². The quantitative estimate of drug-likeness (QED) is 0.405. The van der Waals surface area contributed by atoms with E-state index >= 15 is 0 Å². The number of halogens is 1. The van der Waals surface area contributed by atoms with E-state index in [9.17, 15) is 4.79 Å². The van der Waals surface area contributed by atoms with Crippen molar-refractivity contribution in [2.75, 3.05) is 17.6 Å². The minimum atomic E-state index is -0.0436. The van der Waals surface area contributed by atoms with Crippen molar-refractivity contribution < 1.29 is 9.53 Å². The summed E-state index contributed by atoms with van der Waals surface area (Å²) in [5.74, 6) is 0.616. The van der Waals surface area contributed by atoms with Gasteiger partial charge < -0.3 is 10.1 Å². The van der Waals surface area contributed by atoms with Crippen LogP contribution in [0.1, 0.15) is 43.0 Å². The molecule has 106 valence electrons. The van der Waals surface area contributed by atoms with Crippen LogP contribution >= 0.6 is 22.6 Å². The summed E-state index contributed by atoms with van der Waals surface area (Å²) in [4.78, 5) is 12.0. The number of alkyl halides is 1. The molecule has 1 rings (SSSR count). The summed E-state index contributed by atoms with van der Waals surface area (Å²) >= 11 is 2.39. The van der Waals surface area contributed by atoms with Gasteiger partial charge in [0.05, 0.1) is 12.2 Å². The molecule has 4 heteroatoms. The molecule has 1 amide bonds. The summed E-state index contributed by atoms with van der Waals surface area (Å²) in [7, 11) is 0. The second kappa shape index (κ2) is 10.1. The zero-order valence-corrected chi connectivity index (χ0v) is 13.6. The van der Waals surface area contributed by atoms with Gasteiger partial charge >= 0.3 is 0 Å². The van der Waals surface area contributed by atoms with E-state index in [4.69, 9.17) is 4.74 Å². The third kappa shape index (κ3) is 6.27. The third-order valence-corrected chi connectivity index (χ3v) is 3.54. The molecule has 19 heavy (non-hydrogen) atoms. The number of hydrogen-bond acceptors (Lipinski definition) is 2. The van der Waals surface area contributed by atoms with Gasteiger partial charge in [-0.05, 0) is 36.3 Å². The summed E-state index contributed by atoms with van der Waals surface area (Å²) < 4.78 is 6.67. The lowest BCUT2D eigenvalue weighted by molar-refractivity contribution is 0.0949. The number of carbonyl (C=O) groups is 1. The summed E-state index contributed by atoms with van der Waals surface area (Å²) in [5.41, 5.74) is 0.622. The number of ether oxygens (including phenoxy) is 1. The first-order chi connectivity index (χ1) is 9.29. The summed E-state index contributed by atoms with van der Waals surface area (Å²) in [5, 5.41) is 2.95. The van der Waals surface area contributed by atoms with Gasteiger partial charge in [0.1, 0.15) is 5.75 Å². The molecule has 0 atom stereocenters. The average Bonchev–Trinajstić information content (AvgIpc) is 2.43. The highest BCUT2D eigenvalue weighted by atomic mass is 127. The lowest BCUT2D eigenvalue weighted by Gasteiger charge is -2.10. The number of unbranched alkanes of at least 4 members (excludes halogenated alkanes) is 3. The van der Waals surface area contributed by atoms with Crippen molar-refractivity contribution in [3.63, 3.8) is 0 Å². The molecular formula is C15H22INO2. The second-order valence-corrected chi connectivity index (χ2v) is 5.37. The maximum Gasteiger partial charge on any atom is 0.255 e. The van der Waals surface area contributed by atoms with Crippen molar-refractivity contribution in [3.8, 4) is 5.75 Å². The number of nitrogens with one attached hydrogen (secondary N) is 1. The van der Waals surface area contributed by atoms with E-state index in [1.54, 1.807) is 6.07 Å². The molecule has 0 spiro atoms. The number of para-hydroxylation sites is 1. The van der Waals surface area contributed by atoms with Crippen LogP contribution in [0.5, 0.6) is 5.75 Å². The Morgan fingerprint density at radius 3 is 2.68 bits per heavy atom. The van der Waals surface area contributed by atoms with E-state index in [-0.39, 0.29) is 5.91 Å². The number of hydrogen-bond donors (Lipinski definition) is 1. The lowest BCUT2D eigenvalue weighted by atomic mass is 10.1. The van der Waals surface area contributed by atoms with Gasteiger partial charge in [0.15, 0.2) is 0 Å². The first kappa shape index (κ1) is 16.3. The molecule has 0 fully saturated rings. The predicted octanol–water partition coefficient (Wildman–Crippen LogP) is 3.81. The van der Waals surface area contributed by atoms with E-state index in [1.807, 2.05) is 25.1 Å². The fourth-order valence-electron chi connectivity index (χ4n) is 1.81. The molecule has 0 bridgehead atoms. The van der Waals surface area contributed by atoms with Crippen LogP contribution in [0.3, 0.4) is 0 Å². The van der Waals surface area contributed by atoms with Gasteiger partial charge in [-0.1, -0.05) is 47.6 Å². The normalized spacial score (nSPS) is 10.2. The fraction of sp³-hybridized carbons (Fsp3) is 0.533. The topological polar surface area (TPSA) is 38.3 Å². The zero-order valence-electron chi connectivity index (χ0n) is 11.5. The number of carbonyl (C=O) groups excluding carboxylic acids is 1. The van der Waals surface area contributed by atoms with Crippen LogP contribution in [-0.2, 0) is 0 Å². The molecule has 0 aliphatic carbocycles. The third-order valence-electron chi connectivity index (χ3n) is 2.78. The highest BCUT2D eigenvalue weighted by Crippen LogP contribution is 2.17. The van der Waals surface area contributed by atoms with Gasteiger partial charge in [-0.25, -0.2) is 0 Å². The van der Waals surface area contributed by atoms with Gasteiger partial charge in [0.2, 0.25) is 0 Å². The standard InChI is InChI=1S/C15H22INO2/c1-2-19-14-10-6-5-9-13(14)15(18)17-12-8-4-3-7-11-16/h5-6,9-10H,2-4,7-8,11-12H2,1H3,(H,17,18). The smallest absolute Gasteiger partial charge is 0.255 e. The van der Waals surface area contributed by atoms with Crippen LogP contribution in [0.15, 0.2) is 24.3 Å². The van der Waals surface area contributed by atoms with Crippen LogP contribution in [0.2, 0.25) is 0 Å². The number of amides is 1. The molecule has 0 saturated carbocycles. The van der Waals surface area contributed by atoms with E-state index in [0.29, 0.717) is 17.9 Å². The van der Waals surface area contributed by atoms with Crippen molar-refractivity contribution in [3.05, 3.63) is 29.8 Å². The van der Waals surface area contributed by atoms with Gasteiger partial charge in [0, 0.05) is 6.54 Å². The Morgan fingerprint density at radius 1 is 1.21 bits per heavy atom. The molecule has 1 aromatic carbocycles. The lowest BCUT2D eigenvalue weighted by Crippen LogP contribution is -2.25. The largest absolute Gasteiger partial charge is 0.493 e. The zero-order chi connectivity index (χ0) is 13.9. The molecule has 0 aliphatic heterocycles.